The van der Waals surface area contributed by atoms with Gasteiger partial charge in [-0.25, -0.2) is 0 Å². The van der Waals surface area contributed by atoms with Crippen molar-refractivity contribution in [2.24, 2.45) is 5.73 Å². The predicted octanol–water partition coefficient (Wildman–Crippen LogP) is 2.50. The first-order chi connectivity index (χ1) is 4.70. The quantitative estimate of drug-likeness (QED) is 0.654. The van der Waals surface area contributed by atoms with Gasteiger partial charge in [-0.2, -0.15) is 0 Å². The van der Waals surface area contributed by atoms with Gasteiger partial charge >= 0.3 is 0 Å². The standard InChI is InChI=1S/C8H10IN/c1-6-2-3-7(10)4-5-8(6)9/h3-5H,2,10H2,1H3. The van der Waals surface area contributed by atoms with Gasteiger partial charge in [0.1, 0.15) is 0 Å². The monoisotopic (exact) mass is 247 g/mol. The highest BCUT2D eigenvalue weighted by atomic mass is 127. The summed E-state index contributed by atoms with van der Waals surface area (Å²) >= 11 is 2.32. The second-order valence-electron chi connectivity index (χ2n) is 2.37. The summed E-state index contributed by atoms with van der Waals surface area (Å²) in [4.78, 5) is 0. The summed E-state index contributed by atoms with van der Waals surface area (Å²) in [6, 6.07) is 0. The minimum atomic E-state index is 0.867. The first-order valence-electron chi connectivity index (χ1n) is 3.19. The van der Waals surface area contributed by atoms with Crippen LogP contribution in [-0.4, -0.2) is 0 Å². The zero-order valence-electron chi connectivity index (χ0n) is 5.89. The van der Waals surface area contributed by atoms with Gasteiger partial charge in [0.15, 0.2) is 0 Å². The van der Waals surface area contributed by atoms with Crippen molar-refractivity contribution in [2.45, 2.75) is 13.3 Å². The Morgan fingerprint density at radius 3 is 2.90 bits per heavy atom. The maximum atomic E-state index is 5.60. The van der Waals surface area contributed by atoms with Crippen molar-refractivity contribution in [3.8, 4) is 0 Å². The molecule has 1 aliphatic rings. The van der Waals surface area contributed by atoms with Gasteiger partial charge in [-0.3, -0.25) is 0 Å². The molecule has 10 heavy (non-hydrogen) atoms. The summed E-state index contributed by atoms with van der Waals surface area (Å²) in [5, 5.41) is 0. The Hall–Kier alpha value is -0.250. The SMILES string of the molecule is CC1=C(I)C=CC(N)=CC1. The Labute approximate surface area is 74.8 Å². The van der Waals surface area contributed by atoms with E-state index in [1.807, 2.05) is 12.2 Å². The lowest BCUT2D eigenvalue weighted by atomic mass is 10.2. The number of hydrogen-bond acceptors (Lipinski definition) is 1. The summed E-state index contributed by atoms with van der Waals surface area (Å²) in [5.74, 6) is 0. The van der Waals surface area contributed by atoms with Crippen LogP contribution in [0.3, 0.4) is 0 Å². The third-order valence-corrected chi connectivity index (χ3v) is 2.75. The molecule has 0 amide bonds. The van der Waals surface area contributed by atoms with Gasteiger partial charge in [0.05, 0.1) is 0 Å². The first-order valence-corrected chi connectivity index (χ1v) is 4.27. The van der Waals surface area contributed by atoms with Gasteiger partial charge in [-0.15, -0.1) is 0 Å². The van der Waals surface area contributed by atoms with Crippen LogP contribution in [0, 0.1) is 0 Å². The molecule has 0 aromatic heterocycles. The number of rotatable bonds is 0. The largest absolute Gasteiger partial charge is 0.399 e. The predicted molar refractivity (Wildman–Crippen MR) is 52.7 cm³/mol. The van der Waals surface area contributed by atoms with Crippen LogP contribution in [0.5, 0.6) is 0 Å². The van der Waals surface area contributed by atoms with Gasteiger partial charge in [0.25, 0.3) is 0 Å². The molecule has 0 bridgehead atoms. The number of nitrogens with two attached hydrogens (primary N) is 1. The van der Waals surface area contributed by atoms with Crippen molar-refractivity contribution in [2.75, 3.05) is 0 Å². The maximum Gasteiger partial charge on any atom is 0.0277 e. The molecule has 0 heterocycles. The molecule has 0 atom stereocenters. The fourth-order valence-corrected chi connectivity index (χ4v) is 1.15. The van der Waals surface area contributed by atoms with Gasteiger partial charge in [-0.1, -0.05) is 11.6 Å². The minimum absolute atomic E-state index is 0.867. The highest BCUT2D eigenvalue weighted by Crippen LogP contribution is 2.20. The Morgan fingerprint density at radius 1 is 1.50 bits per heavy atom. The van der Waals surface area contributed by atoms with Crippen LogP contribution in [0.2, 0.25) is 0 Å². The molecule has 0 saturated carbocycles. The molecular formula is C8H10IN. The van der Waals surface area contributed by atoms with Crippen LogP contribution in [-0.2, 0) is 0 Å². The van der Waals surface area contributed by atoms with Crippen LogP contribution < -0.4 is 5.73 Å². The smallest absolute Gasteiger partial charge is 0.0277 e. The van der Waals surface area contributed by atoms with E-state index in [4.69, 9.17) is 5.73 Å². The number of allylic oxidation sites excluding steroid dienone is 5. The second kappa shape index (κ2) is 3.23. The molecule has 1 aliphatic carbocycles. The van der Waals surface area contributed by atoms with Crippen molar-refractivity contribution in [3.05, 3.63) is 33.1 Å². The second-order valence-corrected chi connectivity index (χ2v) is 3.53. The van der Waals surface area contributed by atoms with Crippen LogP contribution in [0.4, 0.5) is 0 Å². The zero-order chi connectivity index (χ0) is 7.56. The maximum absolute atomic E-state index is 5.60. The first kappa shape index (κ1) is 7.85. The van der Waals surface area contributed by atoms with Gasteiger partial charge in [0, 0.05) is 9.28 Å². The molecule has 0 aromatic rings. The van der Waals surface area contributed by atoms with E-state index in [1.54, 1.807) is 0 Å². The molecule has 0 radical (unpaired) electrons. The van der Waals surface area contributed by atoms with E-state index in [0.29, 0.717) is 0 Å². The lowest BCUT2D eigenvalue weighted by Crippen LogP contribution is -1.90. The van der Waals surface area contributed by atoms with Crippen molar-refractivity contribution >= 4 is 22.6 Å². The highest BCUT2D eigenvalue weighted by Gasteiger charge is 1.97. The van der Waals surface area contributed by atoms with Gasteiger partial charge < -0.3 is 5.73 Å². The molecule has 1 rings (SSSR count). The highest BCUT2D eigenvalue weighted by molar-refractivity contribution is 14.1. The van der Waals surface area contributed by atoms with Crippen LogP contribution in [0.25, 0.3) is 0 Å². The van der Waals surface area contributed by atoms with E-state index in [1.165, 1.54) is 9.15 Å². The summed E-state index contributed by atoms with van der Waals surface area (Å²) in [6.07, 6.45) is 7.02. The zero-order valence-corrected chi connectivity index (χ0v) is 8.05. The summed E-state index contributed by atoms with van der Waals surface area (Å²) < 4.78 is 1.30. The molecule has 2 heteroatoms. The van der Waals surface area contributed by atoms with E-state index < -0.39 is 0 Å². The molecule has 0 fully saturated rings. The molecular weight excluding hydrogens is 237 g/mol. The Kier molecular flexibility index (Phi) is 2.54. The molecule has 0 aromatic carbocycles. The minimum Gasteiger partial charge on any atom is -0.399 e. The summed E-state index contributed by atoms with van der Waals surface area (Å²) in [7, 11) is 0. The fourth-order valence-electron chi connectivity index (χ4n) is 0.748. The van der Waals surface area contributed by atoms with Crippen molar-refractivity contribution in [1.82, 2.24) is 0 Å². The van der Waals surface area contributed by atoms with Gasteiger partial charge in [0.2, 0.25) is 0 Å². The van der Waals surface area contributed by atoms with Gasteiger partial charge in [-0.05, 0) is 48.1 Å². The van der Waals surface area contributed by atoms with Crippen LogP contribution in [0.15, 0.2) is 33.1 Å². The lowest BCUT2D eigenvalue weighted by Gasteiger charge is -1.94. The molecule has 1 nitrogen and oxygen atoms in total. The molecule has 0 aliphatic heterocycles. The number of halogens is 1. The number of hydrogen-bond donors (Lipinski definition) is 1. The average molecular weight is 247 g/mol. The van der Waals surface area contributed by atoms with Crippen molar-refractivity contribution < 1.29 is 0 Å². The molecule has 0 spiro atoms. The third kappa shape index (κ3) is 1.87. The van der Waals surface area contributed by atoms with Crippen LogP contribution in [0.1, 0.15) is 13.3 Å². The normalized spacial score (nSPS) is 18.8. The lowest BCUT2D eigenvalue weighted by molar-refractivity contribution is 1.19. The average Bonchev–Trinajstić information content (AvgIpc) is 2.04. The van der Waals surface area contributed by atoms with E-state index in [-0.39, 0.29) is 0 Å². The molecule has 0 unspecified atom stereocenters. The fraction of sp³-hybridized carbons (Fsp3) is 0.250. The Morgan fingerprint density at radius 2 is 2.20 bits per heavy atom. The Bertz CT molecular complexity index is 223. The summed E-state index contributed by atoms with van der Waals surface area (Å²) in [6.45, 7) is 2.13. The molecule has 2 N–H and O–H groups in total. The van der Waals surface area contributed by atoms with E-state index in [0.717, 1.165) is 12.1 Å². The summed E-state index contributed by atoms with van der Waals surface area (Å²) in [5.41, 5.74) is 7.86. The van der Waals surface area contributed by atoms with E-state index in [9.17, 15) is 0 Å². The molecule has 0 saturated heterocycles. The van der Waals surface area contributed by atoms with Crippen molar-refractivity contribution in [3.63, 3.8) is 0 Å². The van der Waals surface area contributed by atoms with Crippen molar-refractivity contribution in [1.29, 1.82) is 0 Å². The topological polar surface area (TPSA) is 26.0 Å². The van der Waals surface area contributed by atoms with E-state index >= 15 is 0 Å². The third-order valence-electron chi connectivity index (χ3n) is 1.47. The molecule has 54 valence electrons. The van der Waals surface area contributed by atoms with Crippen LogP contribution >= 0.6 is 22.6 Å². The Balaban J connectivity index is 2.89. The van der Waals surface area contributed by atoms with E-state index in [2.05, 4.69) is 35.6 Å².